The lowest BCUT2D eigenvalue weighted by molar-refractivity contribution is -0.328. The highest BCUT2D eigenvalue weighted by Gasteiger charge is 2.45. The molecule has 3 fully saturated rings. The predicted molar refractivity (Wildman–Crippen MR) is 187 cm³/mol. The number of carbonyl (C=O) groups is 4. The molecule has 0 radical (unpaired) electrons. The standard InChI is InChI=1S/C39H40O16/c1-24(40)54-28-10-6-26(7-11-28)37(42)46-17-32-35-36(52-22-49-32)33(50-23-51-35)18-47-38(43)27-8-12-29(13-9-27)55-34(41)15-5-25-4-14-30(31(16-25)44-3)48-21-45-19-39(2)20-53-39/h4-16,32-33,35-36H,17-23H2,1-3H3/b15-5+. The van der Waals surface area contributed by atoms with Crippen molar-refractivity contribution in [2.45, 2.75) is 43.9 Å². The van der Waals surface area contributed by atoms with Crippen LogP contribution in [0.4, 0.5) is 0 Å². The van der Waals surface area contributed by atoms with Gasteiger partial charge in [-0.2, -0.15) is 0 Å². The van der Waals surface area contributed by atoms with Gasteiger partial charge >= 0.3 is 23.9 Å². The van der Waals surface area contributed by atoms with Gasteiger partial charge < -0.3 is 56.8 Å². The Morgan fingerprint density at radius 2 is 1.33 bits per heavy atom. The zero-order valence-corrected chi connectivity index (χ0v) is 30.3. The van der Waals surface area contributed by atoms with Crippen LogP contribution in [0.2, 0.25) is 0 Å². The van der Waals surface area contributed by atoms with Crippen LogP contribution in [0.5, 0.6) is 23.0 Å². The van der Waals surface area contributed by atoms with Gasteiger partial charge in [0.25, 0.3) is 0 Å². The number of methoxy groups -OCH3 is 1. The average molecular weight is 765 g/mol. The quantitative estimate of drug-likeness (QED) is 0.0511. The van der Waals surface area contributed by atoms with Crippen LogP contribution in [-0.4, -0.2) is 108 Å². The smallest absolute Gasteiger partial charge is 0.338 e. The Bertz CT molecular complexity index is 1840. The molecular weight excluding hydrogens is 724 g/mol. The molecule has 0 aromatic heterocycles. The lowest BCUT2D eigenvalue weighted by Gasteiger charge is -2.43. The molecule has 0 amide bonds. The van der Waals surface area contributed by atoms with Crippen molar-refractivity contribution in [3.63, 3.8) is 0 Å². The number of benzene rings is 3. The van der Waals surface area contributed by atoms with Gasteiger partial charge in [-0.25, -0.2) is 14.4 Å². The summed E-state index contributed by atoms with van der Waals surface area (Å²) in [6.45, 7) is 3.79. The van der Waals surface area contributed by atoms with E-state index in [2.05, 4.69) is 0 Å². The first kappa shape index (κ1) is 39.3. The van der Waals surface area contributed by atoms with Gasteiger partial charge in [-0.15, -0.1) is 0 Å². The van der Waals surface area contributed by atoms with Gasteiger partial charge in [0.2, 0.25) is 0 Å². The third-order valence-corrected chi connectivity index (χ3v) is 8.50. The van der Waals surface area contributed by atoms with Crippen LogP contribution < -0.4 is 18.9 Å². The van der Waals surface area contributed by atoms with Crippen molar-refractivity contribution in [1.29, 1.82) is 0 Å². The van der Waals surface area contributed by atoms with E-state index in [0.717, 1.165) is 0 Å². The van der Waals surface area contributed by atoms with E-state index >= 15 is 0 Å². The van der Waals surface area contributed by atoms with Crippen LogP contribution >= 0.6 is 0 Å². The lowest BCUT2D eigenvalue weighted by Crippen LogP contribution is -2.59. The van der Waals surface area contributed by atoms with Crippen molar-refractivity contribution in [2.24, 2.45) is 0 Å². The molecule has 3 aliphatic heterocycles. The molecule has 3 aromatic carbocycles. The highest BCUT2D eigenvalue weighted by atomic mass is 16.8. The van der Waals surface area contributed by atoms with Gasteiger partial charge in [0.1, 0.15) is 68.3 Å². The fraction of sp³-hybridized carbons (Fsp3) is 0.385. The normalized spacial score (nSPS) is 22.9. The van der Waals surface area contributed by atoms with Crippen molar-refractivity contribution < 1.29 is 76.0 Å². The molecule has 0 aliphatic carbocycles. The topological polar surface area (TPSA) is 182 Å². The fourth-order valence-electron chi connectivity index (χ4n) is 5.47. The fourth-order valence-corrected chi connectivity index (χ4v) is 5.47. The maximum absolute atomic E-state index is 12.9. The highest BCUT2D eigenvalue weighted by Crippen LogP contribution is 2.30. The number of hydrogen-bond acceptors (Lipinski definition) is 16. The molecule has 292 valence electrons. The molecule has 16 heteroatoms. The van der Waals surface area contributed by atoms with E-state index in [4.69, 9.17) is 56.8 Å². The Morgan fingerprint density at radius 3 is 1.85 bits per heavy atom. The zero-order valence-electron chi connectivity index (χ0n) is 30.3. The number of esters is 4. The van der Waals surface area contributed by atoms with Gasteiger partial charge in [0.05, 0.1) is 31.5 Å². The average Bonchev–Trinajstić information content (AvgIpc) is 3.93. The molecule has 3 aliphatic rings. The van der Waals surface area contributed by atoms with Crippen molar-refractivity contribution in [1.82, 2.24) is 0 Å². The summed E-state index contributed by atoms with van der Waals surface area (Å²) in [5.41, 5.74) is 0.904. The summed E-state index contributed by atoms with van der Waals surface area (Å²) in [6.07, 6.45) is 0.0971. The van der Waals surface area contributed by atoms with Crippen LogP contribution in [0.15, 0.2) is 72.8 Å². The highest BCUT2D eigenvalue weighted by molar-refractivity contribution is 5.91. The largest absolute Gasteiger partial charge is 0.493 e. The van der Waals surface area contributed by atoms with E-state index in [9.17, 15) is 19.2 Å². The first-order valence-corrected chi connectivity index (χ1v) is 17.2. The van der Waals surface area contributed by atoms with E-state index < -0.39 is 48.3 Å². The van der Waals surface area contributed by atoms with E-state index in [1.807, 2.05) is 6.92 Å². The number of epoxide rings is 1. The van der Waals surface area contributed by atoms with Crippen LogP contribution in [-0.2, 0) is 47.5 Å². The van der Waals surface area contributed by atoms with Crippen LogP contribution in [0.25, 0.3) is 6.08 Å². The molecule has 3 saturated heterocycles. The molecule has 0 saturated carbocycles. The zero-order chi connectivity index (χ0) is 38.8. The summed E-state index contributed by atoms with van der Waals surface area (Å²) in [5.74, 6) is -0.896. The number of rotatable bonds is 16. The second kappa shape index (κ2) is 18.3. The summed E-state index contributed by atoms with van der Waals surface area (Å²) in [5, 5.41) is 0. The Kier molecular flexibility index (Phi) is 13.1. The minimum Gasteiger partial charge on any atom is -0.493 e. The van der Waals surface area contributed by atoms with Crippen molar-refractivity contribution >= 4 is 30.0 Å². The molecule has 5 atom stereocenters. The van der Waals surface area contributed by atoms with Crippen LogP contribution in [0.1, 0.15) is 40.1 Å². The first-order valence-electron chi connectivity index (χ1n) is 17.2. The van der Waals surface area contributed by atoms with Crippen molar-refractivity contribution in [3.8, 4) is 23.0 Å². The molecule has 3 heterocycles. The number of fused-ring (bicyclic) bond motifs is 1. The third-order valence-electron chi connectivity index (χ3n) is 8.50. The van der Waals surface area contributed by atoms with Crippen LogP contribution in [0.3, 0.4) is 0 Å². The van der Waals surface area contributed by atoms with Crippen molar-refractivity contribution in [2.75, 3.05) is 53.9 Å². The molecule has 0 bridgehead atoms. The number of hydrogen-bond donors (Lipinski definition) is 0. The summed E-state index contributed by atoms with van der Waals surface area (Å²) in [4.78, 5) is 49.1. The predicted octanol–water partition coefficient (Wildman–Crippen LogP) is 3.88. The maximum Gasteiger partial charge on any atom is 0.338 e. The second-order valence-electron chi connectivity index (χ2n) is 12.8. The minimum absolute atomic E-state index is 0.0343. The van der Waals surface area contributed by atoms with E-state index in [-0.39, 0.29) is 56.1 Å². The van der Waals surface area contributed by atoms with Crippen LogP contribution in [0, 0.1) is 0 Å². The monoisotopic (exact) mass is 764 g/mol. The van der Waals surface area contributed by atoms with Gasteiger partial charge in [-0.3, -0.25) is 4.79 Å². The van der Waals surface area contributed by atoms with E-state index in [0.29, 0.717) is 36.0 Å². The van der Waals surface area contributed by atoms with Crippen molar-refractivity contribution in [3.05, 3.63) is 89.5 Å². The van der Waals surface area contributed by atoms with E-state index in [1.54, 1.807) is 24.3 Å². The van der Waals surface area contributed by atoms with Gasteiger partial charge in [-0.05, 0) is 79.2 Å². The van der Waals surface area contributed by atoms with Gasteiger partial charge in [0, 0.05) is 13.0 Å². The molecule has 16 nitrogen and oxygen atoms in total. The SMILES string of the molecule is COc1cc(/C=C/C(=O)Oc2ccc(C(=O)OCC3OCOC4C(COC(=O)c5ccc(OC(C)=O)cc5)OCOC34)cc2)ccc1OCOCC1(C)CO1. The van der Waals surface area contributed by atoms with E-state index in [1.165, 1.54) is 68.6 Å². The summed E-state index contributed by atoms with van der Waals surface area (Å²) >= 11 is 0. The number of ether oxygens (including phenoxy) is 12. The molecule has 0 N–H and O–H groups in total. The minimum atomic E-state index is -0.695. The molecule has 3 aromatic rings. The lowest BCUT2D eigenvalue weighted by atomic mass is 10.0. The second-order valence-corrected chi connectivity index (χ2v) is 12.8. The molecule has 0 spiro atoms. The first-order chi connectivity index (χ1) is 26.6. The number of carbonyl (C=O) groups excluding carboxylic acids is 4. The Balaban J connectivity index is 0.936. The molecule has 5 unspecified atom stereocenters. The van der Waals surface area contributed by atoms with Gasteiger partial charge in [0.15, 0.2) is 18.3 Å². The Morgan fingerprint density at radius 1 is 0.764 bits per heavy atom. The maximum atomic E-state index is 12.9. The summed E-state index contributed by atoms with van der Waals surface area (Å²) in [6, 6.07) is 17.0. The summed E-state index contributed by atoms with van der Waals surface area (Å²) in [7, 11) is 1.51. The molecular formula is C39H40O16. The molecule has 6 rings (SSSR count). The Hall–Kier alpha value is -5.36. The molecule has 55 heavy (non-hydrogen) atoms. The third kappa shape index (κ3) is 11.1. The van der Waals surface area contributed by atoms with Gasteiger partial charge in [-0.1, -0.05) is 6.07 Å². The Labute approximate surface area is 316 Å². The summed E-state index contributed by atoms with van der Waals surface area (Å²) < 4.78 is 65.9.